The molecule has 7 heteroatoms. The Morgan fingerprint density at radius 2 is 1.36 bits per heavy atom. The van der Waals surface area contributed by atoms with Gasteiger partial charge in [-0.05, 0) is 71.8 Å². The average Bonchev–Trinajstić information content (AvgIpc) is 3.52. The molecule has 1 amide bonds. The fourth-order valence-electron chi connectivity index (χ4n) is 6.99. The molecule has 3 heterocycles. The number of nitrogens with zero attached hydrogens (tertiary/aromatic N) is 1. The zero-order valence-electron chi connectivity index (χ0n) is 23.1. The smallest absolute Gasteiger partial charge is 0.238 e. The first kappa shape index (κ1) is 25.8. The van der Waals surface area contributed by atoms with Crippen LogP contribution in [0.1, 0.15) is 31.8 Å². The van der Waals surface area contributed by atoms with E-state index in [1.807, 2.05) is 65.6 Å². The van der Waals surface area contributed by atoms with Crippen LogP contribution in [0.2, 0.25) is 0 Å². The van der Waals surface area contributed by atoms with Crippen molar-refractivity contribution < 1.29 is 23.9 Å². The van der Waals surface area contributed by atoms with Crippen LogP contribution < -0.4 is 19.7 Å². The van der Waals surface area contributed by atoms with Crippen molar-refractivity contribution in [1.29, 1.82) is 0 Å². The van der Waals surface area contributed by atoms with Crippen LogP contribution in [0.25, 0.3) is 6.08 Å². The largest absolute Gasteiger partial charge is 0.497 e. The summed E-state index contributed by atoms with van der Waals surface area (Å²) in [6.07, 6.45) is 3.95. The predicted molar refractivity (Wildman–Crippen MR) is 160 cm³/mol. The number of carbonyl (C=O) groups is 3. The number of rotatable bonds is 6. The topological polar surface area (TPSA) is 84.9 Å². The molecule has 4 atom stereocenters. The molecule has 0 aliphatic carbocycles. The molecule has 1 N–H and O–H groups in total. The van der Waals surface area contributed by atoms with Crippen LogP contribution in [0.5, 0.6) is 11.5 Å². The van der Waals surface area contributed by atoms with Gasteiger partial charge in [-0.25, -0.2) is 0 Å². The highest BCUT2D eigenvalue weighted by Crippen LogP contribution is 2.58. The minimum absolute atomic E-state index is 0.214. The number of hydrogen-bond acceptors (Lipinski definition) is 6. The molecule has 0 saturated carbocycles. The van der Waals surface area contributed by atoms with Gasteiger partial charge < -0.3 is 19.7 Å². The fraction of sp³-hybridized carbons (Fsp3) is 0.171. The first-order valence-electron chi connectivity index (χ1n) is 13.8. The van der Waals surface area contributed by atoms with E-state index < -0.39 is 23.4 Å². The second kappa shape index (κ2) is 9.73. The van der Waals surface area contributed by atoms with Crippen LogP contribution in [0.3, 0.4) is 0 Å². The number of amides is 1. The molecule has 4 aromatic rings. The molecular formula is C35H28N2O5. The molecule has 0 radical (unpaired) electrons. The zero-order valence-corrected chi connectivity index (χ0v) is 23.1. The summed E-state index contributed by atoms with van der Waals surface area (Å²) < 4.78 is 10.7. The van der Waals surface area contributed by atoms with Gasteiger partial charge in [-0.1, -0.05) is 48.6 Å². The minimum Gasteiger partial charge on any atom is -0.497 e. The number of fused-ring (bicyclic) bond motifs is 5. The summed E-state index contributed by atoms with van der Waals surface area (Å²) in [4.78, 5) is 46.0. The number of ether oxygens (including phenoxy) is 2. The Hall–Kier alpha value is -5.17. The van der Waals surface area contributed by atoms with Gasteiger partial charge in [0.05, 0.1) is 26.2 Å². The van der Waals surface area contributed by atoms with Crippen molar-refractivity contribution in [3.63, 3.8) is 0 Å². The minimum atomic E-state index is -1.50. The van der Waals surface area contributed by atoms with E-state index in [1.165, 1.54) is 0 Å². The molecule has 7 nitrogen and oxygen atoms in total. The van der Waals surface area contributed by atoms with Crippen LogP contribution in [-0.4, -0.2) is 43.8 Å². The standard InChI is InChI=1S/C35H28N2O5/c1-41-24-16-11-22(12-17-24)31(38)30-29-20-15-21-7-3-6-10-28(21)37(29)33(32(39)23-13-18-25(42-2)19-14-23)35(30)26-8-4-5-9-27(26)36-34(35)40/h3-20,29-30,33H,1-2H3,(H,36,40). The summed E-state index contributed by atoms with van der Waals surface area (Å²) >= 11 is 0. The second-order valence-corrected chi connectivity index (χ2v) is 10.8. The number of anilines is 2. The first-order chi connectivity index (χ1) is 20.5. The third kappa shape index (κ3) is 3.56. The number of benzene rings is 4. The molecule has 1 fully saturated rings. The Morgan fingerprint density at radius 1 is 0.762 bits per heavy atom. The molecule has 4 unspecified atom stereocenters. The summed E-state index contributed by atoms with van der Waals surface area (Å²) in [5, 5.41) is 3.04. The number of para-hydroxylation sites is 2. The van der Waals surface area contributed by atoms with Crippen molar-refractivity contribution >= 4 is 34.9 Å². The van der Waals surface area contributed by atoms with Crippen molar-refractivity contribution in [3.05, 3.63) is 125 Å². The maximum atomic E-state index is 14.8. The predicted octanol–water partition coefficient (Wildman–Crippen LogP) is 5.56. The summed E-state index contributed by atoms with van der Waals surface area (Å²) in [6, 6.07) is 27.4. The summed E-state index contributed by atoms with van der Waals surface area (Å²) in [7, 11) is 3.14. The van der Waals surface area contributed by atoms with Crippen LogP contribution in [0, 0.1) is 5.92 Å². The van der Waals surface area contributed by atoms with E-state index in [9.17, 15) is 14.4 Å². The number of methoxy groups -OCH3 is 2. The van der Waals surface area contributed by atoms with E-state index in [0.29, 0.717) is 33.9 Å². The molecule has 3 aliphatic rings. The number of ketones is 2. The van der Waals surface area contributed by atoms with Crippen molar-refractivity contribution in [2.75, 3.05) is 24.4 Å². The van der Waals surface area contributed by atoms with Gasteiger partial charge >= 0.3 is 0 Å². The molecule has 3 aliphatic heterocycles. The van der Waals surface area contributed by atoms with Gasteiger partial charge in [-0.15, -0.1) is 0 Å². The van der Waals surface area contributed by atoms with Crippen molar-refractivity contribution in [2.24, 2.45) is 5.92 Å². The molecule has 1 spiro atoms. The molecule has 42 heavy (non-hydrogen) atoms. The normalized spacial score (nSPS) is 23.1. The Bertz CT molecular complexity index is 1760. The molecular weight excluding hydrogens is 528 g/mol. The lowest BCUT2D eigenvalue weighted by Gasteiger charge is -2.37. The van der Waals surface area contributed by atoms with Gasteiger partial charge in [-0.2, -0.15) is 0 Å². The SMILES string of the molecule is COc1ccc(C(=O)C2C3C=Cc4ccccc4N3C(C(=O)c3ccc(OC)cc3)C23C(=O)Nc2ccccc23)cc1. The van der Waals surface area contributed by atoms with Gasteiger partial charge in [0.1, 0.15) is 23.0 Å². The third-order valence-corrected chi connectivity index (χ3v) is 8.83. The van der Waals surface area contributed by atoms with E-state index >= 15 is 0 Å². The van der Waals surface area contributed by atoms with E-state index in [-0.39, 0.29) is 17.5 Å². The lowest BCUT2D eigenvalue weighted by atomic mass is 9.63. The maximum absolute atomic E-state index is 14.8. The number of hydrogen-bond donors (Lipinski definition) is 1. The molecule has 1 saturated heterocycles. The Labute approximate surface area is 243 Å². The van der Waals surface area contributed by atoms with Crippen molar-refractivity contribution in [3.8, 4) is 11.5 Å². The Balaban J connectivity index is 1.50. The Morgan fingerprint density at radius 3 is 2.02 bits per heavy atom. The highest BCUT2D eigenvalue weighted by molar-refractivity contribution is 6.20. The van der Waals surface area contributed by atoms with Crippen molar-refractivity contribution in [2.45, 2.75) is 17.5 Å². The quantitative estimate of drug-likeness (QED) is 0.313. The highest BCUT2D eigenvalue weighted by atomic mass is 16.5. The van der Waals surface area contributed by atoms with Crippen LogP contribution >= 0.6 is 0 Å². The fourth-order valence-corrected chi connectivity index (χ4v) is 6.99. The third-order valence-electron chi connectivity index (χ3n) is 8.83. The maximum Gasteiger partial charge on any atom is 0.238 e. The molecule has 0 bridgehead atoms. The van der Waals surface area contributed by atoms with E-state index in [2.05, 4.69) is 5.32 Å². The van der Waals surface area contributed by atoms with Crippen LogP contribution in [0.4, 0.5) is 11.4 Å². The van der Waals surface area contributed by atoms with E-state index in [4.69, 9.17) is 9.47 Å². The monoisotopic (exact) mass is 556 g/mol. The highest BCUT2D eigenvalue weighted by Gasteiger charge is 2.70. The lowest BCUT2D eigenvalue weighted by molar-refractivity contribution is -0.121. The molecule has 7 rings (SSSR count). The van der Waals surface area contributed by atoms with Gasteiger partial charge in [0.15, 0.2) is 11.6 Å². The molecule has 208 valence electrons. The number of nitrogens with one attached hydrogen (secondary N) is 1. The molecule has 4 aromatic carbocycles. The van der Waals surface area contributed by atoms with Crippen molar-refractivity contribution in [1.82, 2.24) is 0 Å². The van der Waals surface area contributed by atoms with E-state index in [0.717, 1.165) is 11.3 Å². The second-order valence-electron chi connectivity index (χ2n) is 10.8. The van der Waals surface area contributed by atoms with Crippen LogP contribution in [-0.2, 0) is 10.2 Å². The Kier molecular flexibility index (Phi) is 5.97. The van der Waals surface area contributed by atoms with Crippen LogP contribution in [0.15, 0.2) is 103 Å². The van der Waals surface area contributed by atoms with Gasteiger partial charge in [0.2, 0.25) is 5.91 Å². The first-order valence-corrected chi connectivity index (χ1v) is 13.8. The lowest BCUT2D eigenvalue weighted by Crippen LogP contribution is -2.55. The molecule has 0 aromatic heterocycles. The van der Waals surface area contributed by atoms with Gasteiger partial charge in [0, 0.05) is 22.5 Å². The van der Waals surface area contributed by atoms with Gasteiger partial charge in [-0.3, -0.25) is 14.4 Å². The zero-order chi connectivity index (χ0) is 29.0. The summed E-state index contributed by atoms with van der Waals surface area (Å²) in [5.74, 6) is -0.474. The van der Waals surface area contributed by atoms with E-state index in [1.54, 1.807) is 62.8 Å². The summed E-state index contributed by atoms with van der Waals surface area (Å²) in [6.45, 7) is 0. The number of Topliss-reactive ketones (excluding diaryl/α,β-unsaturated/α-hetero) is 2. The summed E-state index contributed by atoms with van der Waals surface area (Å²) in [5.41, 5.74) is 2.35. The average molecular weight is 557 g/mol. The number of carbonyl (C=O) groups excluding carboxylic acids is 3. The van der Waals surface area contributed by atoms with Gasteiger partial charge in [0.25, 0.3) is 0 Å².